The lowest BCUT2D eigenvalue weighted by Gasteiger charge is -2.19. The Bertz CT molecular complexity index is 241. The quantitative estimate of drug-likeness (QED) is 0.601. The zero-order valence-corrected chi connectivity index (χ0v) is 10.2. The van der Waals surface area contributed by atoms with E-state index in [-0.39, 0.29) is 5.92 Å². The maximum absolute atomic E-state index is 11.6. The number of carboxylic acids is 1. The first-order valence-corrected chi connectivity index (χ1v) is 5.68. The van der Waals surface area contributed by atoms with Crippen LogP contribution in [-0.4, -0.2) is 29.1 Å². The smallest absolute Gasteiger partial charge is 0.326 e. The summed E-state index contributed by atoms with van der Waals surface area (Å²) in [5.74, 6) is -1.39. The number of amides is 1. The van der Waals surface area contributed by atoms with E-state index in [2.05, 4.69) is 5.32 Å². The minimum atomic E-state index is -1.00. The predicted octanol–water partition coefficient (Wildman–Crippen LogP) is 0.729. The van der Waals surface area contributed by atoms with Gasteiger partial charge in [-0.15, -0.1) is 0 Å². The van der Waals surface area contributed by atoms with Crippen molar-refractivity contribution in [2.45, 2.75) is 52.1 Å². The number of unbranched alkanes of at least 4 members (excludes halogenated alkanes) is 1. The highest BCUT2D eigenvalue weighted by atomic mass is 16.4. The van der Waals surface area contributed by atoms with E-state index in [1.807, 2.05) is 20.8 Å². The van der Waals surface area contributed by atoms with Crippen LogP contribution in [0.2, 0.25) is 0 Å². The summed E-state index contributed by atoms with van der Waals surface area (Å²) in [6.45, 7) is 5.62. The minimum absolute atomic E-state index is 0.000574. The number of carbonyl (C=O) groups is 2. The lowest BCUT2D eigenvalue weighted by atomic mass is 10.0. The number of carboxylic acid groups (broad SMARTS) is 1. The number of hydrogen-bond acceptors (Lipinski definition) is 3. The van der Waals surface area contributed by atoms with Crippen molar-refractivity contribution in [3.8, 4) is 0 Å². The number of aliphatic carboxylic acids is 1. The normalized spacial score (nSPS) is 14.6. The topological polar surface area (TPSA) is 92.4 Å². The molecule has 0 saturated heterocycles. The predicted molar refractivity (Wildman–Crippen MR) is 61.9 cm³/mol. The van der Waals surface area contributed by atoms with Crippen LogP contribution in [0.4, 0.5) is 0 Å². The van der Waals surface area contributed by atoms with E-state index in [4.69, 9.17) is 10.8 Å². The number of nitrogens with one attached hydrogen (secondary N) is 1. The molecular weight excluding hydrogens is 208 g/mol. The maximum Gasteiger partial charge on any atom is 0.326 e. The highest BCUT2D eigenvalue weighted by Gasteiger charge is 2.24. The van der Waals surface area contributed by atoms with Crippen LogP contribution < -0.4 is 11.1 Å². The molecule has 5 heteroatoms. The molecule has 0 aliphatic heterocycles. The molecule has 0 unspecified atom stereocenters. The van der Waals surface area contributed by atoms with E-state index >= 15 is 0 Å². The Hall–Kier alpha value is -1.10. The van der Waals surface area contributed by atoms with Gasteiger partial charge in [-0.1, -0.05) is 33.6 Å². The van der Waals surface area contributed by atoms with Crippen LogP contribution in [0.3, 0.4) is 0 Å². The summed E-state index contributed by atoms with van der Waals surface area (Å²) in [7, 11) is 0. The van der Waals surface area contributed by atoms with Crippen molar-refractivity contribution in [3.05, 3.63) is 0 Å². The average molecular weight is 230 g/mol. The Morgan fingerprint density at radius 3 is 2.31 bits per heavy atom. The Labute approximate surface area is 96.4 Å². The van der Waals surface area contributed by atoms with Gasteiger partial charge in [-0.3, -0.25) is 4.79 Å². The highest BCUT2D eigenvalue weighted by Crippen LogP contribution is 2.03. The van der Waals surface area contributed by atoms with Gasteiger partial charge in [0.25, 0.3) is 0 Å². The minimum Gasteiger partial charge on any atom is -0.480 e. The van der Waals surface area contributed by atoms with Gasteiger partial charge in [0.1, 0.15) is 6.04 Å². The van der Waals surface area contributed by atoms with Gasteiger partial charge in [0, 0.05) is 0 Å². The first kappa shape index (κ1) is 14.9. The molecule has 0 aromatic heterocycles. The maximum atomic E-state index is 11.6. The number of hydrogen-bond donors (Lipinski definition) is 3. The van der Waals surface area contributed by atoms with Gasteiger partial charge in [0.2, 0.25) is 5.91 Å². The summed E-state index contributed by atoms with van der Waals surface area (Å²) in [6, 6.07) is -1.47. The summed E-state index contributed by atoms with van der Waals surface area (Å²) in [4.78, 5) is 22.4. The van der Waals surface area contributed by atoms with E-state index in [0.717, 1.165) is 12.8 Å². The monoisotopic (exact) mass is 230 g/mol. The van der Waals surface area contributed by atoms with Gasteiger partial charge in [-0.2, -0.15) is 0 Å². The van der Waals surface area contributed by atoms with Crippen LogP contribution in [0.25, 0.3) is 0 Å². The third-order valence-electron chi connectivity index (χ3n) is 2.48. The zero-order valence-electron chi connectivity index (χ0n) is 10.2. The number of rotatable bonds is 7. The Morgan fingerprint density at radius 1 is 1.38 bits per heavy atom. The molecule has 0 aromatic carbocycles. The molecule has 0 fully saturated rings. The third-order valence-corrected chi connectivity index (χ3v) is 2.48. The lowest BCUT2D eigenvalue weighted by molar-refractivity contribution is -0.142. The molecule has 2 atom stereocenters. The molecule has 0 aliphatic rings. The van der Waals surface area contributed by atoms with Gasteiger partial charge in [0.05, 0.1) is 6.04 Å². The fourth-order valence-electron chi connectivity index (χ4n) is 1.24. The van der Waals surface area contributed by atoms with Crippen LogP contribution in [-0.2, 0) is 9.59 Å². The van der Waals surface area contributed by atoms with E-state index < -0.39 is 24.0 Å². The third kappa shape index (κ3) is 5.11. The molecule has 4 N–H and O–H groups in total. The molecule has 5 nitrogen and oxygen atoms in total. The number of carbonyl (C=O) groups excluding carboxylic acids is 1. The molecule has 1 amide bonds. The Kier molecular flexibility index (Phi) is 6.72. The number of nitrogens with two attached hydrogens (primary N) is 1. The van der Waals surface area contributed by atoms with E-state index in [1.54, 1.807) is 0 Å². The Morgan fingerprint density at radius 2 is 1.94 bits per heavy atom. The SMILES string of the molecule is CCCC[C@H](NC(=O)[C@H](N)C(C)C)C(=O)O. The second kappa shape index (κ2) is 7.22. The van der Waals surface area contributed by atoms with Crippen LogP contribution in [0.15, 0.2) is 0 Å². The van der Waals surface area contributed by atoms with Crippen molar-refractivity contribution in [1.29, 1.82) is 0 Å². The molecular formula is C11H22N2O3. The van der Waals surface area contributed by atoms with E-state index in [9.17, 15) is 9.59 Å². The first-order valence-electron chi connectivity index (χ1n) is 5.68. The van der Waals surface area contributed by atoms with Gasteiger partial charge < -0.3 is 16.2 Å². The van der Waals surface area contributed by atoms with Gasteiger partial charge in [0.15, 0.2) is 0 Å². The molecule has 0 saturated carbocycles. The molecule has 0 aromatic rings. The molecule has 0 spiro atoms. The van der Waals surface area contributed by atoms with Crippen LogP contribution in [0.1, 0.15) is 40.0 Å². The highest BCUT2D eigenvalue weighted by molar-refractivity contribution is 5.86. The van der Waals surface area contributed by atoms with Crippen molar-refractivity contribution in [3.63, 3.8) is 0 Å². The van der Waals surface area contributed by atoms with Crippen molar-refractivity contribution >= 4 is 11.9 Å². The molecule has 16 heavy (non-hydrogen) atoms. The molecule has 0 radical (unpaired) electrons. The fraction of sp³-hybridized carbons (Fsp3) is 0.818. The standard InChI is InChI=1S/C11H22N2O3/c1-4-5-6-8(11(15)16)13-10(14)9(12)7(2)3/h7-9H,4-6,12H2,1-3H3,(H,13,14)(H,15,16)/t8-,9+/m0/s1. The van der Waals surface area contributed by atoms with Crippen LogP contribution in [0.5, 0.6) is 0 Å². The van der Waals surface area contributed by atoms with Gasteiger partial charge >= 0.3 is 5.97 Å². The fourth-order valence-corrected chi connectivity index (χ4v) is 1.24. The Balaban J connectivity index is 4.28. The van der Waals surface area contributed by atoms with Gasteiger partial charge in [-0.05, 0) is 12.3 Å². The lowest BCUT2D eigenvalue weighted by Crippen LogP contribution is -2.50. The van der Waals surface area contributed by atoms with Crippen LogP contribution in [0, 0.1) is 5.92 Å². The van der Waals surface area contributed by atoms with E-state index in [1.165, 1.54) is 0 Å². The largest absolute Gasteiger partial charge is 0.480 e. The van der Waals surface area contributed by atoms with Crippen LogP contribution >= 0.6 is 0 Å². The van der Waals surface area contributed by atoms with Crippen molar-refractivity contribution in [2.24, 2.45) is 11.7 Å². The zero-order chi connectivity index (χ0) is 12.7. The first-order chi connectivity index (χ1) is 7.40. The summed E-state index contributed by atoms with van der Waals surface area (Å²) in [5, 5.41) is 11.4. The molecule has 94 valence electrons. The second-order valence-corrected chi connectivity index (χ2v) is 4.31. The summed E-state index contributed by atoms with van der Waals surface area (Å²) in [6.07, 6.45) is 2.12. The second-order valence-electron chi connectivity index (χ2n) is 4.31. The van der Waals surface area contributed by atoms with E-state index in [0.29, 0.717) is 6.42 Å². The van der Waals surface area contributed by atoms with Gasteiger partial charge in [-0.25, -0.2) is 4.79 Å². The van der Waals surface area contributed by atoms with Crippen molar-refractivity contribution in [1.82, 2.24) is 5.32 Å². The summed E-state index contributed by atoms with van der Waals surface area (Å²) in [5.41, 5.74) is 5.63. The average Bonchev–Trinajstić information content (AvgIpc) is 2.21. The summed E-state index contributed by atoms with van der Waals surface area (Å²) >= 11 is 0. The molecule has 0 heterocycles. The van der Waals surface area contributed by atoms with Crippen molar-refractivity contribution < 1.29 is 14.7 Å². The molecule has 0 bridgehead atoms. The molecule has 0 rings (SSSR count). The molecule has 0 aliphatic carbocycles. The summed E-state index contributed by atoms with van der Waals surface area (Å²) < 4.78 is 0. The van der Waals surface area contributed by atoms with Crippen molar-refractivity contribution in [2.75, 3.05) is 0 Å².